The predicted molar refractivity (Wildman–Crippen MR) is 95.3 cm³/mol. The number of aliphatic imine (C=N–C) groups is 1. The largest absolute Gasteiger partial charge is 0.463 e. The molecule has 0 amide bonds. The van der Waals surface area contributed by atoms with Gasteiger partial charge in [-0.05, 0) is 37.1 Å². The second kappa shape index (κ2) is 6.28. The van der Waals surface area contributed by atoms with E-state index in [1.807, 2.05) is 24.4 Å². The number of Topliss-reactive ketones (excluding diaryl/α,β-unsaturated/α-hetero) is 1. The lowest BCUT2D eigenvalue weighted by atomic mass is 9.64. The lowest BCUT2D eigenvalue weighted by molar-refractivity contribution is -0.139. The third-order valence-corrected chi connectivity index (χ3v) is 5.66. The Bertz CT molecular complexity index is 728. The lowest BCUT2D eigenvalue weighted by Crippen LogP contribution is -2.43. The average molecular weight is 345 g/mol. The molecule has 128 valence electrons. The number of allylic oxidation sites excluding steroid dienone is 1. The van der Waals surface area contributed by atoms with E-state index in [0.717, 1.165) is 17.0 Å². The van der Waals surface area contributed by atoms with Crippen LogP contribution >= 0.6 is 11.3 Å². The van der Waals surface area contributed by atoms with Crippen LogP contribution in [0.4, 0.5) is 0 Å². The number of ketones is 1. The smallest absolute Gasteiger partial charge is 0.336 e. The number of hydrogen-bond donors (Lipinski definition) is 0. The molecule has 4 nitrogen and oxygen atoms in total. The van der Waals surface area contributed by atoms with E-state index in [9.17, 15) is 9.59 Å². The summed E-state index contributed by atoms with van der Waals surface area (Å²) >= 11 is 1.58. The molecule has 0 spiro atoms. The van der Waals surface area contributed by atoms with Crippen molar-refractivity contribution in [3.63, 3.8) is 0 Å². The van der Waals surface area contributed by atoms with Gasteiger partial charge in [0, 0.05) is 28.6 Å². The molecule has 0 bridgehead atoms. The summed E-state index contributed by atoms with van der Waals surface area (Å²) in [5.74, 6) is -0.772. The fraction of sp³-hybridized carbons (Fsp3) is 0.526. The zero-order chi connectivity index (χ0) is 17.5. The van der Waals surface area contributed by atoms with Crippen LogP contribution in [0, 0.1) is 11.3 Å². The van der Waals surface area contributed by atoms with E-state index in [-0.39, 0.29) is 29.0 Å². The first-order chi connectivity index (χ1) is 11.3. The van der Waals surface area contributed by atoms with Crippen LogP contribution in [0.15, 0.2) is 33.8 Å². The average Bonchev–Trinajstić information content (AvgIpc) is 2.98. The highest BCUT2D eigenvalue weighted by molar-refractivity contribution is 7.10. The summed E-state index contributed by atoms with van der Waals surface area (Å²) in [6.45, 7) is 8.16. The maximum absolute atomic E-state index is 12.9. The minimum Gasteiger partial charge on any atom is -0.463 e. The highest BCUT2D eigenvalue weighted by Crippen LogP contribution is 2.47. The molecule has 0 aromatic carbocycles. The molecule has 2 aliphatic rings. The highest BCUT2D eigenvalue weighted by atomic mass is 32.1. The molecule has 24 heavy (non-hydrogen) atoms. The van der Waals surface area contributed by atoms with Crippen LogP contribution in [0.3, 0.4) is 0 Å². The number of carbonyl (C=O) groups is 2. The Kier molecular flexibility index (Phi) is 4.47. The van der Waals surface area contributed by atoms with Crippen molar-refractivity contribution in [3.05, 3.63) is 33.7 Å². The standard InChI is InChI=1S/C19H23NO3S/c1-5-23-18(22)15-11(2)20-12-9-19(3,4)10-13(21)16(12)17(15)14-7-6-8-24-14/h6-8,16-17H,5,9-10H2,1-4H3/t16-,17-/m0/s1. The molecule has 0 saturated heterocycles. The van der Waals surface area contributed by atoms with Crippen LogP contribution in [-0.4, -0.2) is 24.1 Å². The highest BCUT2D eigenvalue weighted by Gasteiger charge is 2.47. The van der Waals surface area contributed by atoms with E-state index in [2.05, 4.69) is 18.8 Å². The second-order valence-electron chi connectivity index (χ2n) is 7.28. The van der Waals surface area contributed by atoms with E-state index in [0.29, 0.717) is 24.3 Å². The molecule has 2 heterocycles. The first-order valence-electron chi connectivity index (χ1n) is 8.35. The summed E-state index contributed by atoms with van der Waals surface area (Å²) in [5, 5.41) is 1.98. The monoisotopic (exact) mass is 345 g/mol. The molecular formula is C19H23NO3S. The van der Waals surface area contributed by atoms with Gasteiger partial charge in [-0.2, -0.15) is 0 Å². The molecule has 0 N–H and O–H groups in total. The van der Waals surface area contributed by atoms with Gasteiger partial charge in [0.2, 0.25) is 0 Å². The fourth-order valence-electron chi connectivity index (χ4n) is 3.84. The number of esters is 1. The van der Waals surface area contributed by atoms with Gasteiger partial charge in [-0.25, -0.2) is 4.79 Å². The van der Waals surface area contributed by atoms with Crippen LogP contribution in [0.1, 0.15) is 51.3 Å². The molecule has 1 aliphatic heterocycles. The van der Waals surface area contributed by atoms with Gasteiger partial charge in [0.15, 0.2) is 0 Å². The molecular weight excluding hydrogens is 322 g/mol. The summed E-state index contributed by atoms with van der Waals surface area (Å²) in [6, 6.07) is 3.96. The molecule has 1 aliphatic carbocycles. The molecule has 1 aromatic heterocycles. The number of fused-ring (bicyclic) bond motifs is 1. The summed E-state index contributed by atoms with van der Waals surface area (Å²) < 4.78 is 5.26. The molecule has 1 aromatic rings. The summed E-state index contributed by atoms with van der Waals surface area (Å²) in [7, 11) is 0. The van der Waals surface area contributed by atoms with Gasteiger partial charge in [0.1, 0.15) is 5.78 Å². The van der Waals surface area contributed by atoms with Gasteiger partial charge in [-0.15, -0.1) is 11.3 Å². The van der Waals surface area contributed by atoms with Gasteiger partial charge in [-0.3, -0.25) is 9.79 Å². The van der Waals surface area contributed by atoms with Crippen molar-refractivity contribution in [1.29, 1.82) is 0 Å². The van der Waals surface area contributed by atoms with Crippen molar-refractivity contribution in [3.8, 4) is 0 Å². The Labute approximate surface area is 146 Å². The summed E-state index contributed by atoms with van der Waals surface area (Å²) in [4.78, 5) is 31.2. The Morgan fingerprint density at radius 1 is 1.38 bits per heavy atom. The van der Waals surface area contributed by atoms with Gasteiger partial charge in [0.25, 0.3) is 0 Å². The summed E-state index contributed by atoms with van der Waals surface area (Å²) in [5.41, 5.74) is 2.07. The zero-order valence-corrected chi connectivity index (χ0v) is 15.4. The Morgan fingerprint density at radius 2 is 2.12 bits per heavy atom. The van der Waals surface area contributed by atoms with E-state index in [4.69, 9.17) is 4.74 Å². The van der Waals surface area contributed by atoms with E-state index in [1.165, 1.54) is 0 Å². The van der Waals surface area contributed by atoms with Crippen LogP contribution in [0.5, 0.6) is 0 Å². The molecule has 5 heteroatoms. The number of carbonyl (C=O) groups excluding carboxylic acids is 2. The van der Waals surface area contributed by atoms with Crippen LogP contribution in [0.2, 0.25) is 0 Å². The van der Waals surface area contributed by atoms with E-state index < -0.39 is 0 Å². The van der Waals surface area contributed by atoms with Crippen molar-refractivity contribution < 1.29 is 14.3 Å². The molecule has 1 fully saturated rings. The van der Waals surface area contributed by atoms with Crippen molar-refractivity contribution in [2.75, 3.05) is 6.61 Å². The van der Waals surface area contributed by atoms with Crippen molar-refractivity contribution in [2.45, 2.75) is 46.5 Å². The number of nitrogens with zero attached hydrogens (tertiary/aromatic N) is 1. The van der Waals surface area contributed by atoms with Crippen molar-refractivity contribution in [2.24, 2.45) is 16.3 Å². The molecule has 0 radical (unpaired) electrons. The van der Waals surface area contributed by atoms with Crippen LogP contribution < -0.4 is 0 Å². The predicted octanol–water partition coefficient (Wildman–Crippen LogP) is 4.13. The molecule has 1 saturated carbocycles. The Hall–Kier alpha value is -1.75. The first-order valence-corrected chi connectivity index (χ1v) is 9.23. The maximum Gasteiger partial charge on any atom is 0.336 e. The third-order valence-electron chi connectivity index (χ3n) is 4.71. The van der Waals surface area contributed by atoms with Gasteiger partial charge in [0.05, 0.1) is 18.1 Å². The normalized spacial score (nSPS) is 26.0. The van der Waals surface area contributed by atoms with Gasteiger partial charge >= 0.3 is 5.97 Å². The van der Waals surface area contributed by atoms with Crippen molar-refractivity contribution >= 4 is 28.8 Å². The third kappa shape index (κ3) is 2.97. The number of ether oxygens (including phenoxy) is 1. The van der Waals surface area contributed by atoms with E-state index >= 15 is 0 Å². The quantitative estimate of drug-likeness (QED) is 0.774. The van der Waals surface area contributed by atoms with Crippen LogP contribution in [0.25, 0.3) is 0 Å². The Balaban J connectivity index is 2.13. The summed E-state index contributed by atoms with van der Waals surface area (Å²) in [6.07, 6.45) is 1.31. The second-order valence-corrected chi connectivity index (χ2v) is 8.26. The first kappa shape index (κ1) is 17.1. The van der Waals surface area contributed by atoms with Crippen LogP contribution in [-0.2, 0) is 14.3 Å². The van der Waals surface area contributed by atoms with Gasteiger partial charge < -0.3 is 4.74 Å². The molecule has 2 atom stereocenters. The Morgan fingerprint density at radius 3 is 2.75 bits per heavy atom. The topological polar surface area (TPSA) is 55.7 Å². The van der Waals surface area contributed by atoms with E-state index in [1.54, 1.807) is 18.3 Å². The number of hydrogen-bond acceptors (Lipinski definition) is 5. The fourth-order valence-corrected chi connectivity index (χ4v) is 4.72. The number of rotatable bonds is 3. The molecule has 3 rings (SSSR count). The van der Waals surface area contributed by atoms with Crippen molar-refractivity contribution in [1.82, 2.24) is 0 Å². The zero-order valence-electron chi connectivity index (χ0n) is 14.6. The lowest BCUT2D eigenvalue weighted by Gasteiger charge is -2.40. The van der Waals surface area contributed by atoms with Gasteiger partial charge in [-0.1, -0.05) is 19.9 Å². The minimum atomic E-state index is -0.353. The minimum absolute atomic E-state index is 0.0753. The maximum atomic E-state index is 12.9. The SMILES string of the molecule is CCOC(=O)C1=C(C)N=C2CC(C)(C)CC(=O)[C@H]2[C@H]1c1cccs1. The molecule has 0 unspecified atom stereocenters. The number of thiophene rings is 1.